The van der Waals surface area contributed by atoms with Gasteiger partial charge in [-0.3, -0.25) is 10.4 Å². The van der Waals surface area contributed by atoms with Crippen LogP contribution in [0.3, 0.4) is 0 Å². The van der Waals surface area contributed by atoms with Crippen LogP contribution in [0.4, 0.5) is 0 Å². The van der Waals surface area contributed by atoms with E-state index in [0.717, 1.165) is 10.6 Å². The highest BCUT2D eigenvalue weighted by Gasteiger charge is 2.20. The Balaban J connectivity index is 1.99. The maximum atomic E-state index is 5.28. The molecule has 1 aromatic rings. The first kappa shape index (κ1) is 11.7. The van der Waals surface area contributed by atoms with E-state index in [4.69, 9.17) is 12.2 Å². The SMILES string of the molecule is S=C1N=c2ccccc2=CN(C2CCCCC2)N1. The second-order valence-electron chi connectivity index (χ2n) is 4.92. The number of hydrogen-bond acceptors (Lipinski definition) is 2. The Kier molecular flexibility index (Phi) is 3.28. The standard InChI is InChI=1S/C14H17N3S/c18-14-15-13-9-5-4-6-11(13)10-17(16-14)12-7-2-1-3-8-12/h4-6,9-10,12H,1-3,7-8H2,(H,16,18). The molecular formula is C14H17N3S. The largest absolute Gasteiger partial charge is 0.289 e. The molecule has 18 heavy (non-hydrogen) atoms. The zero-order valence-corrected chi connectivity index (χ0v) is 11.1. The number of nitrogens with zero attached hydrogens (tertiary/aromatic N) is 2. The summed E-state index contributed by atoms with van der Waals surface area (Å²) in [6.45, 7) is 0. The molecule has 1 N–H and O–H groups in total. The lowest BCUT2D eigenvalue weighted by atomic mass is 9.95. The van der Waals surface area contributed by atoms with E-state index in [2.05, 4.69) is 27.7 Å². The number of rotatable bonds is 1. The van der Waals surface area contributed by atoms with Crippen LogP contribution in [0.15, 0.2) is 29.3 Å². The van der Waals surface area contributed by atoms with Gasteiger partial charge in [0.05, 0.1) is 5.36 Å². The van der Waals surface area contributed by atoms with Gasteiger partial charge in [-0.25, -0.2) is 4.99 Å². The minimum Gasteiger partial charge on any atom is -0.289 e. The lowest BCUT2D eigenvalue weighted by Gasteiger charge is -2.33. The van der Waals surface area contributed by atoms with Crippen LogP contribution in [0.2, 0.25) is 0 Å². The van der Waals surface area contributed by atoms with Gasteiger partial charge in [0, 0.05) is 17.5 Å². The van der Waals surface area contributed by atoms with E-state index in [1.807, 2.05) is 18.2 Å². The average Bonchev–Trinajstić information content (AvgIpc) is 2.57. The normalized spacial score (nSPS) is 20.2. The molecule has 1 saturated carbocycles. The zero-order valence-electron chi connectivity index (χ0n) is 10.3. The van der Waals surface area contributed by atoms with E-state index >= 15 is 0 Å². The van der Waals surface area contributed by atoms with Gasteiger partial charge in [-0.2, -0.15) is 0 Å². The van der Waals surface area contributed by atoms with Crippen LogP contribution in [-0.2, 0) is 0 Å². The third-order valence-corrected chi connectivity index (χ3v) is 3.81. The summed E-state index contributed by atoms with van der Waals surface area (Å²) >= 11 is 5.28. The summed E-state index contributed by atoms with van der Waals surface area (Å²) in [4.78, 5) is 4.43. The van der Waals surface area contributed by atoms with Crippen molar-refractivity contribution in [2.45, 2.75) is 38.1 Å². The van der Waals surface area contributed by atoms with Gasteiger partial charge in [-0.15, -0.1) is 0 Å². The molecule has 1 heterocycles. The van der Waals surface area contributed by atoms with Crippen LogP contribution in [0.5, 0.6) is 0 Å². The predicted octanol–water partition coefficient (Wildman–Crippen LogP) is 1.48. The van der Waals surface area contributed by atoms with Crippen molar-refractivity contribution < 1.29 is 0 Å². The minimum atomic E-state index is 0.540. The summed E-state index contributed by atoms with van der Waals surface area (Å²) in [6, 6.07) is 8.67. The third-order valence-electron chi connectivity index (χ3n) is 3.63. The van der Waals surface area contributed by atoms with Gasteiger partial charge >= 0.3 is 0 Å². The number of thiocarbonyl (C=S) groups is 1. The Hall–Kier alpha value is -1.42. The number of hydrazine groups is 1. The Bertz CT molecular complexity index is 561. The first-order chi connectivity index (χ1) is 8.83. The second kappa shape index (κ2) is 5.06. The molecule has 1 fully saturated rings. The highest BCUT2D eigenvalue weighted by atomic mass is 32.1. The van der Waals surface area contributed by atoms with Crippen LogP contribution >= 0.6 is 12.2 Å². The lowest BCUT2D eigenvalue weighted by Crippen LogP contribution is -2.44. The molecule has 0 saturated heterocycles. The molecule has 1 aliphatic carbocycles. The van der Waals surface area contributed by atoms with Crippen molar-refractivity contribution in [3.8, 4) is 0 Å². The van der Waals surface area contributed by atoms with Gasteiger partial charge in [-0.05, 0) is 31.1 Å². The van der Waals surface area contributed by atoms with Crippen LogP contribution < -0.4 is 16.0 Å². The van der Waals surface area contributed by atoms with Crippen molar-refractivity contribution in [1.82, 2.24) is 10.4 Å². The number of benzene rings is 1. The molecule has 4 heteroatoms. The summed E-state index contributed by atoms with van der Waals surface area (Å²) in [5.41, 5.74) is 3.24. The van der Waals surface area contributed by atoms with E-state index < -0.39 is 0 Å². The summed E-state index contributed by atoms with van der Waals surface area (Å²) in [5.74, 6) is 0. The highest BCUT2D eigenvalue weighted by molar-refractivity contribution is 7.80. The van der Waals surface area contributed by atoms with Crippen molar-refractivity contribution in [1.29, 1.82) is 0 Å². The second-order valence-corrected chi connectivity index (χ2v) is 5.30. The summed E-state index contributed by atoms with van der Waals surface area (Å²) in [5, 5.41) is 4.81. The van der Waals surface area contributed by atoms with Crippen LogP contribution in [-0.4, -0.2) is 16.2 Å². The van der Waals surface area contributed by atoms with Gasteiger partial charge in [0.1, 0.15) is 0 Å². The molecule has 0 amide bonds. The van der Waals surface area contributed by atoms with Crippen LogP contribution in [0.25, 0.3) is 6.20 Å². The fourth-order valence-corrected chi connectivity index (χ4v) is 2.89. The smallest absolute Gasteiger partial charge is 0.212 e. The molecule has 0 spiro atoms. The topological polar surface area (TPSA) is 27.6 Å². The first-order valence-electron chi connectivity index (χ1n) is 6.57. The fourth-order valence-electron chi connectivity index (χ4n) is 2.68. The highest BCUT2D eigenvalue weighted by Crippen LogP contribution is 2.21. The lowest BCUT2D eigenvalue weighted by molar-refractivity contribution is 0.212. The first-order valence-corrected chi connectivity index (χ1v) is 6.98. The molecule has 0 radical (unpaired) electrons. The van der Waals surface area contributed by atoms with Crippen molar-refractivity contribution >= 4 is 23.5 Å². The summed E-state index contributed by atoms with van der Waals surface area (Å²) in [6.07, 6.45) is 8.58. The van der Waals surface area contributed by atoms with E-state index in [-0.39, 0.29) is 0 Å². The molecule has 0 aromatic heterocycles. The molecule has 94 valence electrons. The van der Waals surface area contributed by atoms with Crippen molar-refractivity contribution in [2.24, 2.45) is 4.99 Å². The monoisotopic (exact) mass is 259 g/mol. The van der Waals surface area contributed by atoms with Gasteiger partial charge in [0.2, 0.25) is 5.11 Å². The van der Waals surface area contributed by atoms with Gasteiger partial charge in [0.15, 0.2) is 0 Å². The molecule has 0 atom stereocenters. The van der Waals surface area contributed by atoms with Crippen LogP contribution in [0.1, 0.15) is 32.1 Å². The van der Waals surface area contributed by atoms with E-state index in [0.29, 0.717) is 11.2 Å². The van der Waals surface area contributed by atoms with Crippen LogP contribution in [0, 0.1) is 0 Å². The van der Waals surface area contributed by atoms with E-state index in [1.165, 1.54) is 32.1 Å². The van der Waals surface area contributed by atoms with Gasteiger partial charge < -0.3 is 0 Å². The minimum absolute atomic E-state index is 0.540. The van der Waals surface area contributed by atoms with Gasteiger partial charge in [0.25, 0.3) is 0 Å². The Labute approximate surface area is 112 Å². The van der Waals surface area contributed by atoms with Crippen molar-refractivity contribution in [3.63, 3.8) is 0 Å². The predicted molar refractivity (Wildman–Crippen MR) is 76.1 cm³/mol. The molecule has 0 unspecified atom stereocenters. The van der Waals surface area contributed by atoms with Crippen molar-refractivity contribution in [2.75, 3.05) is 0 Å². The van der Waals surface area contributed by atoms with E-state index in [1.54, 1.807) is 0 Å². The van der Waals surface area contributed by atoms with E-state index in [9.17, 15) is 0 Å². The summed E-state index contributed by atoms with van der Waals surface area (Å²) in [7, 11) is 0. The number of fused-ring (bicyclic) bond motifs is 1. The summed E-state index contributed by atoms with van der Waals surface area (Å²) < 4.78 is 0. The number of hydrogen-bond donors (Lipinski definition) is 1. The third kappa shape index (κ3) is 2.38. The molecule has 0 bridgehead atoms. The number of nitrogens with one attached hydrogen (secondary N) is 1. The average molecular weight is 259 g/mol. The van der Waals surface area contributed by atoms with Gasteiger partial charge in [-0.1, -0.05) is 37.5 Å². The molecule has 3 nitrogen and oxygen atoms in total. The Morgan fingerprint density at radius 3 is 2.78 bits per heavy atom. The molecule has 2 aliphatic rings. The Morgan fingerprint density at radius 2 is 1.94 bits per heavy atom. The zero-order chi connectivity index (χ0) is 12.4. The molecular weight excluding hydrogens is 242 g/mol. The molecule has 3 rings (SSSR count). The maximum absolute atomic E-state index is 5.28. The maximum Gasteiger partial charge on any atom is 0.212 e. The molecule has 1 aromatic carbocycles. The number of para-hydroxylation sites is 1. The Morgan fingerprint density at radius 1 is 1.17 bits per heavy atom. The quantitative estimate of drug-likeness (QED) is 0.774. The fraction of sp³-hybridized carbons (Fsp3) is 0.429. The van der Waals surface area contributed by atoms with Crippen molar-refractivity contribution in [3.05, 3.63) is 34.8 Å². The molecule has 1 aliphatic heterocycles.